The minimum absolute atomic E-state index is 0.122. The minimum Gasteiger partial charge on any atom is -0.484 e. The molecule has 2 aromatic carbocycles. The zero-order valence-electron chi connectivity index (χ0n) is 16.8. The largest absolute Gasteiger partial charge is 0.484 e. The van der Waals surface area contributed by atoms with E-state index < -0.39 is 10.0 Å². The summed E-state index contributed by atoms with van der Waals surface area (Å²) >= 11 is 1.44. The number of aromatic nitrogens is 3. The van der Waals surface area contributed by atoms with Crippen LogP contribution in [0.1, 0.15) is 18.5 Å². The number of nitrogens with zero attached hydrogens (tertiary/aromatic N) is 2. The molecule has 1 amide bonds. The molecule has 0 aliphatic heterocycles. The average Bonchev–Trinajstić information content (AvgIpc) is 3.29. The summed E-state index contributed by atoms with van der Waals surface area (Å²) in [6, 6.07) is 14.9. The minimum atomic E-state index is -3.69. The second kappa shape index (κ2) is 10.9. The number of carbonyl (C=O) groups is 1. The highest BCUT2D eigenvalue weighted by Crippen LogP contribution is 2.19. The van der Waals surface area contributed by atoms with Crippen LogP contribution in [0.15, 0.2) is 71.0 Å². The Morgan fingerprint density at radius 1 is 1.16 bits per heavy atom. The van der Waals surface area contributed by atoms with Gasteiger partial charge in [-0.25, -0.2) is 18.1 Å². The Morgan fingerprint density at radius 3 is 2.58 bits per heavy atom. The molecule has 1 heterocycles. The van der Waals surface area contributed by atoms with E-state index >= 15 is 0 Å². The lowest BCUT2D eigenvalue weighted by molar-refractivity contribution is -0.122. The van der Waals surface area contributed by atoms with Crippen LogP contribution in [0.3, 0.4) is 0 Å². The van der Waals surface area contributed by atoms with E-state index in [0.717, 1.165) is 5.56 Å². The molecule has 1 aromatic heterocycles. The lowest BCUT2D eigenvalue weighted by Gasteiger charge is -2.15. The van der Waals surface area contributed by atoms with Gasteiger partial charge in [-0.1, -0.05) is 42.1 Å². The van der Waals surface area contributed by atoms with Crippen LogP contribution in [0, 0.1) is 0 Å². The number of aromatic amines is 1. The van der Waals surface area contributed by atoms with Gasteiger partial charge in [0.05, 0.1) is 4.90 Å². The van der Waals surface area contributed by atoms with Crippen molar-refractivity contribution in [2.24, 2.45) is 0 Å². The quantitative estimate of drug-likeness (QED) is 0.295. The van der Waals surface area contributed by atoms with Crippen molar-refractivity contribution in [1.29, 1.82) is 0 Å². The van der Waals surface area contributed by atoms with E-state index in [9.17, 15) is 13.2 Å². The van der Waals surface area contributed by atoms with Crippen LogP contribution in [0.4, 0.5) is 0 Å². The molecule has 31 heavy (non-hydrogen) atoms. The fourth-order valence-electron chi connectivity index (χ4n) is 2.63. The van der Waals surface area contributed by atoms with E-state index in [0.29, 0.717) is 23.2 Å². The van der Waals surface area contributed by atoms with Crippen LogP contribution < -0.4 is 14.8 Å². The predicted molar refractivity (Wildman–Crippen MR) is 117 cm³/mol. The van der Waals surface area contributed by atoms with E-state index in [1.807, 2.05) is 30.3 Å². The van der Waals surface area contributed by atoms with Gasteiger partial charge in [0.15, 0.2) is 11.8 Å². The fourth-order valence-corrected chi connectivity index (χ4v) is 4.50. The Hall–Kier alpha value is -2.89. The normalized spacial score (nSPS) is 12.3. The van der Waals surface area contributed by atoms with E-state index in [1.165, 1.54) is 42.4 Å². The van der Waals surface area contributed by atoms with Gasteiger partial charge < -0.3 is 10.1 Å². The Morgan fingerprint density at radius 2 is 1.90 bits per heavy atom. The second-order valence-corrected chi connectivity index (χ2v) is 9.30. The molecule has 3 rings (SSSR count). The molecule has 0 spiro atoms. The van der Waals surface area contributed by atoms with E-state index in [1.54, 1.807) is 6.92 Å². The highest BCUT2D eigenvalue weighted by atomic mass is 32.2. The van der Waals surface area contributed by atoms with E-state index in [2.05, 4.69) is 25.2 Å². The van der Waals surface area contributed by atoms with Crippen LogP contribution in [0.5, 0.6) is 5.75 Å². The van der Waals surface area contributed by atoms with Crippen LogP contribution in [-0.4, -0.2) is 48.4 Å². The van der Waals surface area contributed by atoms with Crippen molar-refractivity contribution in [2.45, 2.75) is 23.0 Å². The smallest absolute Gasteiger partial charge is 0.257 e. The first-order valence-electron chi connectivity index (χ1n) is 9.49. The maximum atomic E-state index is 12.6. The molecule has 0 unspecified atom stereocenters. The lowest BCUT2D eigenvalue weighted by Crippen LogP contribution is -2.30. The molecule has 0 radical (unpaired) electrons. The molecule has 3 N–H and O–H groups in total. The van der Waals surface area contributed by atoms with Crippen LogP contribution in [0.25, 0.3) is 0 Å². The van der Waals surface area contributed by atoms with Crippen molar-refractivity contribution >= 4 is 27.7 Å². The first kappa shape index (κ1) is 22.8. The van der Waals surface area contributed by atoms with Crippen molar-refractivity contribution in [1.82, 2.24) is 25.2 Å². The number of H-pyrrole nitrogens is 1. The maximum absolute atomic E-state index is 12.6. The number of sulfonamides is 1. The molecule has 0 saturated carbocycles. The molecule has 9 nitrogen and oxygen atoms in total. The average molecular weight is 462 g/mol. The van der Waals surface area contributed by atoms with Crippen molar-refractivity contribution in [2.75, 3.05) is 18.9 Å². The summed E-state index contributed by atoms with van der Waals surface area (Å²) < 4.78 is 33.3. The van der Waals surface area contributed by atoms with Gasteiger partial charge in [-0.2, -0.15) is 5.10 Å². The topological polar surface area (TPSA) is 126 Å². The zero-order valence-corrected chi connectivity index (χ0v) is 18.4. The number of hydrogen-bond donors (Lipinski definition) is 3. The molecule has 3 aromatic rings. The zero-order chi connectivity index (χ0) is 22.1. The number of ether oxygens (including phenoxy) is 1. The molecular formula is C20H23N5O4S2. The van der Waals surface area contributed by atoms with Gasteiger partial charge in [-0.3, -0.25) is 9.89 Å². The van der Waals surface area contributed by atoms with Crippen molar-refractivity contribution in [3.63, 3.8) is 0 Å². The Bertz CT molecular complexity index is 1060. The first-order chi connectivity index (χ1) is 14.9. The molecule has 0 aliphatic rings. The van der Waals surface area contributed by atoms with Gasteiger partial charge >= 0.3 is 0 Å². The number of thioether (sulfide) groups is 1. The van der Waals surface area contributed by atoms with Crippen LogP contribution >= 0.6 is 11.8 Å². The number of benzene rings is 2. The van der Waals surface area contributed by atoms with Crippen molar-refractivity contribution in [3.8, 4) is 5.75 Å². The summed E-state index contributed by atoms with van der Waals surface area (Å²) in [5.74, 6) is 0.775. The van der Waals surface area contributed by atoms with E-state index in [-0.39, 0.29) is 23.5 Å². The Labute approximate surface area is 185 Å². The van der Waals surface area contributed by atoms with Crippen LogP contribution in [0.2, 0.25) is 0 Å². The monoisotopic (exact) mass is 461 g/mol. The third-order valence-corrected chi connectivity index (χ3v) is 6.63. The number of rotatable bonds is 11. The molecule has 0 bridgehead atoms. The van der Waals surface area contributed by atoms with Gasteiger partial charge in [-0.05, 0) is 36.8 Å². The highest BCUT2D eigenvalue weighted by molar-refractivity contribution is 7.99. The summed E-state index contributed by atoms with van der Waals surface area (Å²) in [6.07, 6.45) is 1.42. The van der Waals surface area contributed by atoms with Crippen LogP contribution in [-0.2, 0) is 14.8 Å². The number of nitrogens with one attached hydrogen (secondary N) is 3. The molecular weight excluding hydrogens is 438 g/mol. The predicted octanol–water partition coefficient (Wildman–Crippen LogP) is 2.13. The number of hydrogen-bond acceptors (Lipinski definition) is 7. The third-order valence-electron chi connectivity index (χ3n) is 4.19. The molecule has 0 aliphatic carbocycles. The van der Waals surface area contributed by atoms with Crippen molar-refractivity contribution in [3.05, 3.63) is 66.5 Å². The fraction of sp³-hybridized carbons (Fsp3) is 0.250. The highest BCUT2D eigenvalue weighted by Gasteiger charge is 2.18. The molecule has 0 fully saturated rings. The SMILES string of the molecule is C[C@@H](NS(=O)(=O)c1ccc(OCC(=O)NCCSc2ncn[nH]2)cc1)c1ccccc1. The Kier molecular flexibility index (Phi) is 8.04. The Balaban J connectivity index is 1.44. The van der Waals surface area contributed by atoms with E-state index in [4.69, 9.17) is 4.74 Å². The number of carbonyl (C=O) groups excluding carboxylic acids is 1. The third kappa shape index (κ3) is 7.09. The van der Waals surface area contributed by atoms with Gasteiger partial charge in [0.2, 0.25) is 10.0 Å². The van der Waals surface area contributed by atoms with Crippen molar-refractivity contribution < 1.29 is 17.9 Å². The molecule has 164 valence electrons. The summed E-state index contributed by atoms with van der Waals surface area (Å²) in [5.41, 5.74) is 0.872. The maximum Gasteiger partial charge on any atom is 0.257 e. The standard InChI is InChI=1S/C20H23N5O4S2/c1-15(16-5-3-2-4-6-16)25-31(27,28)18-9-7-17(8-10-18)29-13-19(26)21-11-12-30-20-22-14-23-24-20/h2-10,14-15,25H,11-13H2,1H3,(H,21,26)(H,22,23,24)/t15-/m1/s1. The van der Waals surface area contributed by atoms with Gasteiger partial charge in [0.1, 0.15) is 12.1 Å². The van der Waals surface area contributed by atoms with Gasteiger partial charge in [-0.15, -0.1) is 0 Å². The van der Waals surface area contributed by atoms with Gasteiger partial charge in [0.25, 0.3) is 5.91 Å². The van der Waals surface area contributed by atoms with Gasteiger partial charge in [0, 0.05) is 18.3 Å². The summed E-state index contributed by atoms with van der Waals surface area (Å²) in [5, 5.41) is 9.89. The number of amides is 1. The molecule has 0 saturated heterocycles. The molecule has 11 heteroatoms. The summed E-state index contributed by atoms with van der Waals surface area (Å²) in [7, 11) is -3.69. The molecule has 1 atom stereocenters. The second-order valence-electron chi connectivity index (χ2n) is 6.50. The first-order valence-corrected chi connectivity index (χ1v) is 12.0. The summed E-state index contributed by atoms with van der Waals surface area (Å²) in [4.78, 5) is 16.0. The lowest BCUT2D eigenvalue weighted by atomic mass is 10.1. The summed E-state index contributed by atoms with van der Waals surface area (Å²) in [6.45, 7) is 2.07.